The maximum absolute atomic E-state index is 8.08. The van der Waals surface area contributed by atoms with E-state index in [0.29, 0.717) is 0 Å². The molecule has 0 spiro atoms. The van der Waals surface area contributed by atoms with E-state index in [2.05, 4.69) is 13.8 Å². The molecule has 0 atom stereocenters. The van der Waals surface area contributed by atoms with Gasteiger partial charge in [0.15, 0.2) is 5.79 Å². The Morgan fingerprint density at radius 1 is 1.25 bits per heavy atom. The van der Waals surface area contributed by atoms with Crippen LogP contribution in [0, 0.1) is 0 Å². The number of ether oxygens (including phenoxy) is 1. The van der Waals surface area contributed by atoms with Gasteiger partial charge in [0.2, 0.25) is 0 Å². The first-order valence-corrected chi connectivity index (χ1v) is 4.29. The normalized spacial score (nSPS) is 21.5. The number of hydrogen-bond donors (Lipinski definition) is 2. The van der Waals surface area contributed by atoms with E-state index in [1.165, 1.54) is 26.7 Å². The van der Waals surface area contributed by atoms with Crippen molar-refractivity contribution in [2.45, 2.75) is 51.9 Å². The van der Waals surface area contributed by atoms with Crippen molar-refractivity contribution >= 4 is 0 Å². The van der Waals surface area contributed by atoms with Crippen LogP contribution in [0.5, 0.6) is 0 Å². The van der Waals surface area contributed by atoms with Gasteiger partial charge in [-0.15, -0.1) is 0 Å². The third-order valence-corrected chi connectivity index (χ3v) is 1.42. The molecule has 74 valence electrons. The highest BCUT2D eigenvalue weighted by Gasteiger charge is 2.22. The third-order valence-electron chi connectivity index (χ3n) is 1.42. The summed E-state index contributed by atoms with van der Waals surface area (Å²) >= 11 is 0. The maximum atomic E-state index is 8.08. The largest absolute Gasteiger partial charge is 0.376 e. The smallest absolute Gasteiger partial charge is 0.156 e. The van der Waals surface area contributed by atoms with E-state index in [9.17, 15) is 0 Å². The van der Waals surface area contributed by atoms with Gasteiger partial charge in [0.05, 0.1) is 5.60 Å². The van der Waals surface area contributed by atoms with Crippen LogP contribution in [0.1, 0.15) is 40.5 Å². The molecule has 0 aliphatic carbocycles. The van der Waals surface area contributed by atoms with E-state index in [0.717, 1.165) is 6.61 Å². The average Bonchev–Trinajstić information content (AvgIpc) is 2.08. The molecular formula is C9H20O3. The Morgan fingerprint density at radius 3 is 1.75 bits per heavy atom. The Balaban J connectivity index is 0.000000217. The predicted molar refractivity (Wildman–Crippen MR) is 47.8 cm³/mol. The summed E-state index contributed by atoms with van der Waals surface area (Å²) < 4.78 is 5.34. The molecule has 0 aromatic heterocycles. The van der Waals surface area contributed by atoms with E-state index in [1.54, 1.807) is 0 Å². The lowest BCUT2D eigenvalue weighted by atomic mass is 10.1. The summed E-state index contributed by atoms with van der Waals surface area (Å²) in [6.07, 6.45) is 2.47. The van der Waals surface area contributed by atoms with Crippen LogP contribution in [-0.4, -0.2) is 28.2 Å². The summed E-state index contributed by atoms with van der Waals surface area (Å²) in [7, 11) is 0. The summed E-state index contributed by atoms with van der Waals surface area (Å²) in [4.78, 5) is 0. The van der Waals surface area contributed by atoms with Crippen LogP contribution in [0.2, 0.25) is 0 Å². The van der Waals surface area contributed by atoms with Crippen molar-refractivity contribution in [2.24, 2.45) is 0 Å². The van der Waals surface area contributed by atoms with Gasteiger partial charge in [-0.2, -0.15) is 0 Å². The number of hydrogen-bond acceptors (Lipinski definition) is 3. The van der Waals surface area contributed by atoms with Gasteiger partial charge in [-0.05, 0) is 40.5 Å². The van der Waals surface area contributed by atoms with Crippen LogP contribution in [0.15, 0.2) is 0 Å². The fourth-order valence-corrected chi connectivity index (χ4v) is 0.919. The summed E-state index contributed by atoms with van der Waals surface area (Å²) in [5.74, 6) is -1.50. The summed E-state index contributed by atoms with van der Waals surface area (Å²) in [5, 5.41) is 16.2. The average molecular weight is 176 g/mol. The van der Waals surface area contributed by atoms with Crippen LogP contribution in [0.3, 0.4) is 0 Å². The number of aliphatic hydroxyl groups is 2. The third kappa shape index (κ3) is 9.88. The highest BCUT2D eigenvalue weighted by Crippen LogP contribution is 2.22. The van der Waals surface area contributed by atoms with E-state index < -0.39 is 5.79 Å². The van der Waals surface area contributed by atoms with E-state index in [4.69, 9.17) is 14.9 Å². The van der Waals surface area contributed by atoms with Crippen LogP contribution >= 0.6 is 0 Å². The van der Waals surface area contributed by atoms with Crippen molar-refractivity contribution in [3.05, 3.63) is 0 Å². The summed E-state index contributed by atoms with van der Waals surface area (Å²) in [5.41, 5.74) is 0.194. The topological polar surface area (TPSA) is 49.7 Å². The Hall–Kier alpha value is -0.120. The second kappa shape index (κ2) is 4.21. The van der Waals surface area contributed by atoms with Gasteiger partial charge in [0.25, 0.3) is 0 Å². The van der Waals surface area contributed by atoms with E-state index >= 15 is 0 Å². The molecule has 1 heterocycles. The molecule has 0 unspecified atom stereocenters. The van der Waals surface area contributed by atoms with Crippen molar-refractivity contribution in [1.82, 2.24) is 0 Å². The first kappa shape index (κ1) is 11.9. The summed E-state index contributed by atoms with van der Waals surface area (Å²) in [6, 6.07) is 0. The Labute approximate surface area is 74.4 Å². The van der Waals surface area contributed by atoms with E-state index in [-0.39, 0.29) is 5.60 Å². The molecule has 0 amide bonds. The number of rotatable bonds is 0. The molecule has 0 aromatic rings. The SMILES string of the molecule is CC(C)(O)O.CC1(C)CCCO1. The van der Waals surface area contributed by atoms with Crippen molar-refractivity contribution in [3.8, 4) is 0 Å². The molecule has 12 heavy (non-hydrogen) atoms. The lowest BCUT2D eigenvalue weighted by Crippen LogP contribution is -2.15. The summed E-state index contributed by atoms with van der Waals surface area (Å²) in [6.45, 7) is 7.84. The molecule has 1 rings (SSSR count). The maximum Gasteiger partial charge on any atom is 0.156 e. The van der Waals surface area contributed by atoms with Crippen LogP contribution in [-0.2, 0) is 4.74 Å². The molecule has 0 saturated carbocycles. The quantitative estimate of drug-likeness (QED) is 0.547. The van der Waals surface area contributed by atoms with Gasteiger partial charge in [0.1, 0.15) is 0 Å². The zero-order chi connectivity index (χ0) is 9.83. The zero-order valence-electron chi connectivity index (χ0n) is 8.42. The van der Waals surface area contributed by atoms with Crippen molar-refractivity contribution < 1.29 is 14.9 Å². The molecule has 0 bridgehead atoms. The minimum atomic E-state index is -1.50. The highest BCUT2D eigenvalue weighted by molar-refractivity contribution is 4.72. The van der Waals surface area contributed by atoms with E-state index in [1.807, 2.05) is 0 Å². The van der Waals surface area contributed by atoms with Gasteiger partial charge < -0.3 is 14.9 Å². The Bertz CT molecular complexity index is 110. The first-order valence-electron chi connectivity index (χ1n) is 4.29. The second-order valence-electron chi connectivity index (χ2n) is 4.21. The Kier molecular flexibility index (Phi) is 4.17. The molecule has 3 heteroatoms. The predicted octanol–water partition coefficient (Wildman–Crippen LogP) is 1.28. The molecular weight excluding hydrogens is 156 g/mol. The van der Waals surface area contributed by atoms with Gasteiger partial charge in [-0.3, -0.25) is 0 Å². The molecule has 2 N–H and O–H groups in total. The molecule has 0 aromatic carbocycles. The zero-order valence-corrected chi connectivity index (χ0v) is 8.42. The highest BCUT2D eigenvalue weighted by atomic mass is 16.5. The van der Waals surface area contributed by atoms with Gasteiger partial charge >= 0.3 is 0 Å². The molecule has 3 nitrogen and oxygen atoms in total. The van der Waals surface area contributed by atoms with Crippen LogP contribution < -0.4 is 0 Å². The minimum Gasteiger partial charge on any atom is -0.376 e. The van der Waals surface area contributed by atoms with Gasteiger partial charge in [-0.1, -0.05) is 0 Å². The molecule has 0 radical (unpaired) electrons. The lowest BCUT2D eigenvalue weighted by Gasteiger charge is -2.14. The molecule has 1 aliphatic heterocycles. The van der Waals surface area contributed by atoms with Gasteiger partial charge in [0, 0.05) is 6.61 Å². The molecule has 1 aliphatic rings. The van der Waals surface area contributed by atoms with Crippen molar-refractivity contribution in [2.75, 3.05) is 6.61 Å². The minimum absolute atomic E-state index is 0.194. The van der Waals surface area contributed by atoms with Gasteiger partial charge in [-0.25, -0.2) is 0 Å². The molecule has 1 saturated heterocycles. The van der Waals surface area contributed by atoms with Crippen LogP contribution in [0.4, 0.5) is 0 Å². The monoisotopic (exact) mass is 176 g/mol. The Morgan fingerprint density at radius 2 is 1.67 bits per heavy atom. The molecule has 1 fully saturated rings. The fourth-order valence-electron chi connectivity index (χ4n) is 0.919. The fraction of sp³-hybridized carbons (Fsp3) is 1.00. The standard InChI is InChI=1S/C6H12O.C3H8O2/c1-6(2)4-3-5-7-6;1-3(2,4)5/h3-5H2,1-2H3;4-5H,1-2H3. The van der Waals surface area contributed by atoms with Crippen molar-refractivity contribution in [1.29, 1.82) is 0 Å². The van der Waals surface area contributed by atoms with Crippen molar-refractivity contribution in [3.63, 3.8) is 0 Å². The first-order chi connectivity index (χ1) is 5.21. The van der Waals surface area contributed by atoms with Crippen LogP contribution in [0.25, 0.3) is 0 Å². The lowest BCUT2D eigenvalue weighted by molar-refractivity contribution is -0.127. The second-order valence-corrected chi connectivity index (χ2v) is 4.21.